The average Bonchev–Trinajstić information content (AvgIpc) is 3.13. The molecule has 3 unspecified atom stereocenters. The van der Waals surface area contributed by atoms with Crippen molar-refractivity contribution < 1.29 is 46.9 Å². The van der Waals surface area contributed by atoms with Crippen molar-refractivity contribution in [1.29, 1.82) is 0 Å². The number of nitrogens with zero attached hydrogens (tertiary/aromatic N) is 1. The van der Waals surface area contributed by atoms with Gasteiger partial charge in [-0.3, -0.25) is 0 Å². The van der Waals surface area contributed by atoms with Crippen molar-refractivity contribution in [3.8, 4) is 11.5 Å². The van der Waals surface area contributed by atoms with Crippen LogP contribution in [0.4, 0.5) is 18.0 Å². The molecule has 0 bridgehead atoms. The number of rotatable bonds is 8. The molecule has 0 aromatic heterocycles. The summed E-state index contributed by atoms with van der Waals surface area (Å²) in [6.45, 7) is 0.635. The lowest BCUT2D eigenvalue weighted by atomic mass is 9.90. The molecule has 1 fully saturated rings. The summed E-state index contributed by atoms with van der Waals surface area (Å²) in [4.78, 5) is 25.9. The number of carboxylic acid groups (broad SMARTS) is 1. The van der Waals surface area contributed by atoms with Crippen molar-refractivity contribution in [3.05, 3.63) is 59.7 Å². The molecule has 1 saturated heterocycles. The topological polar surface area (TPSA) is 93.1 Å². The molecule has 0 saturated carbocycles. The van der Waals surface area contributed by atoms with Crippen LogP contribution in [0.3, 0.4) is 0 Å². The Hall–Kier alpha value is -2.76. The number of hydrogen-bond acceptors (Lipinski definition) is 6. The molecule has 2 aromatic carbocycles. The predicted octanol–water partition coefficient (Wildman–Crippen LogP) is 4.82. The van der Waals surface area contributed by atoms with Crippen LogP contribution >= 0.6 is 11.8 Å². The quantitative estimate of drug-likeness (QED) is 0.475. The number of amides is 2. The summed E-state index contributed by atoms with van der Waals surface area (Å²) in [5.74, 6) is -3.62. The number of aliphatic hydroxyl groups is 1. The van der Waals surface area contributed by atoms with E-state index < -0.39 is 52.5 Å². The van der Waals surface area contributed by atoms with E-state index >= 15 is 0 Å². The highest BCUT2D eigenvalue weighted by atomic mass is 32.2. The van der Waals surface area contributed by atoms with Crippen LogP contribution in [-0.2, 0) is 16.1 Å². The van der Waals surface area contributed by atoms with E-state index in [0.29, 0.717) is 5.75 Å². The van der Waals surface area contributed by atoms with Gasteiger partial charge >= 0.3 is 18.2 Å². The number of carbonyl (C=O) groups is 2. The molecule has 3 rings (SSSR count). The molecule has 2 N–H and O–H groups in total. The van der Waals surface area contributed by atoms with Crippen molar-refractivity contribution >= 4 is 23.8 Å². The Morgan fingerprint density at radius 1 is 1.14 bits per heavy atom. The third-order valence-electron chi connectivity index (χ3n) is 6.64. The summed E-state index contributed by atoms with van der Waals surface area (Å²) < 4.78 is 51.1. The van der Waals surface area contributed by atoms with Gasteiger partial charge in [0.15, 0.2) is 5.92 Å². The number of methoxy groups -OCH3 is 2. The second kappa shape index (κ2) is 10.7. The highest BCUT2D eigenvalue weighted by Gasteiger charge is 2.67. The number of alkyl halides is 3. The predicted molar refractivity (Wildman–Crippen MR) is 128 cm³/mol. The van der Waals surface area contributed by atoms with Gasteiger partial charge in [0, 0.05) is 23.5 Å². The molecule has 1 heterocycles. The van der Waals surface area contributed by atoms with Gasteiger partial charge in [-0.2, -0.15) is 34.2 Å². The Kier molecular flexibility index (Phi) is 8.27. The van der Waals surface area contributed by atoms with Crippen LogP contribution in [0.15, 0.2) is 48.5 Å². The van der Waals surface area contributed by atoms with E-state index in [9.17, 15) is 33.0 Å². The van der Waals surface area contributed by atoms with Crippen molar-refractivity contribution in [2.24, 2.45) is 5.92 Å². The highest BCUT2D eigenvalue weighted by Crippen LogP contribution is 2.46. The molecule has 0 spiro atoms. The minimum atomic E-state index is -4.96. The number of halogens is 3. The Morgan fingerprint density at radius 2 is 1.78 bits per heavy atom. The summed E-state index contributed by atoms with van der Waals surface area (Å²) in [6.07, 6.45) is -6.92. The molecule has 4 atom stereocenters. The summed E-state index contributed by atoms with van der Waals surface area (Å²) in [5, 5.41) is 21.5. The number of benzene rings is 2. The minimum Gasteiger partial charge on any atom is -0.497 e. The molecular weight excluding hydrogens is 499 g/mol. The fourth-order valence-electron chi connectivity index (χ4n) is 4.75. The van der Waals surface area contributed by atoms with Gasteiger partial charge in [0.05, 0.1) is 14.2 Å². The third kappa shape index (κ3) is 5.33. The second-order valence-electron chi connectivity index (χ2n) is 8.89. The molecule has 0 aliphatic carbocycles. The van der Waals surface area contributed by atoms with Gasteiger partial charge in [-0.15, -0.1) is 0 Å². The number of ether oxygens (including phenoxy) is 2. The van der Waals surface area contributed by atoms with Crippen LogP contribution in [0.25, 0.3) is 0 Å². The van der Waals surface area contributed by atoms with E-state index in [1.165, 1.54) is 27.2 Å². The summed E-state index contributed by atoms with van der Waals surface area (Å²) >= 11 is 0.889. The van der Waals surface area contributed by atoms with Gasteiger partial charge in [-0.05, 0) is 30.7 Å². The first-order valence-electron chi connectivity index (χ1n) is 11.2. The maximum atomic E-state index is 14.1. The lowest BCUT2D eigenvalue weighted by Crippen LogP contribution is -2.63. The van der Waals surface area contributed by atoms with Crippen LogP contribution in [0.1, 0.15) is 24.5 Å². The molecule has 36 heavy (non-hydrogen) atoms. The van der Waals surface area contributed by atoms with Gasteiger partial charge in [-0.25, -0.2) is 4.79 Å². The van der Waals surface area contributed by atoms with Crippen LogP contribution in [0, 0.1) is 5.92 Å². The van der Waals surface area contributed by atoms with E-state index in [-0.39, 0.29) is 23.5 Å². The largest absolute Gasteiger partial charge is 0.521 e. The molecule has 2 amide bonds. The Balaban J connectivity index is 1.89. The van der Waals surface area contributed by atoms with Crippen molar-refractivity contribution in [1.82, 2.24) is 0 Å². The number of carbonyl (C=O) groups excluding carboxylic acids is 1. The molecule has 1 aliphatic rings. The van der Waals surface area contributed by atoms with E-state index in [1.54, 1.807) is 42.5 Å². The monoisotopic (exact) mass is 528 g/mol. The fourth-order valence-corrected chi connectivity index (χ4v) is 5.86. The molecular formula is C25H29F3NO6S+. The first-order chi connectivity index (χ1) is 16.9. The zero-order valence-corrected chi connectivity index (χ0v) is 20.9. The number of quaternary nitrogens is 1. The maximum absolute atomic E-state index is 14.1. The maximum Gasteiger partial charge on any atom is 0.521 e. The molecule has 11 heteroatoms. The van der Waals surface area contributed by atoms with Crippen molar-refractivity contribution in [2.45, 2.75) is 36.9 Å². The number of hydrogen-bond donors (Lipinski definition) is 2. The van der Waals surface area contributed by atoms with Crippen molar-refractivity contribution in [3.63, 3.8) is 0 Å². The van der Waals surface area contributed by atoms with E-state index in [4.69, 9.17) is 9.47 Å². The van der Waals surface area contributed by atoms with Crippen molar-refractivity contribution in [2.75, 3.05) is 26.5 Å². The Labute approximate surface area is 211 Å². The minimum absolute atomic E-state index is 0.192. The van der Waals surface area contributed by atoms with Gasteiger partial charge in [0.25, 0.3) is 0 Å². The number of thioether (sulfide) groups is 1. The lowest BCUT2D eigenvalue weighted by Gasteiger charge is -2.34. The Bertz CT molecular complexity index is 1100. The van der Waals surface area contributed by atoms with Crippen LogP contribution in [-0.4, -0.2) is 65.4 Å². The van der Waals surface area contributed by atoms with Crippen LogP contribution in [0.2, 0.25) is 0 Å². The summed E-state index contributed by atoms with van der Waals surface area (Å²) in [5.41, 5.74) is -0.908. The van der Waals surface area contributed by atoms with Gasteiger partial charge < -0.3 is 19.7 Å². The van der Waals surface area contributed by atoms with Gasteiger partial charge in [-0.1, -0.05) is 30.3 Å². The fraction of sp³-hybridized carbons (Fsp3) is 0.440. The normalized spacial score (nSPS) is 24.8. The second-order valence-corrected chi connectivity index (χ2v) is 9.92. The SMILES string of the molecule is COc1ccc(CSCC(C(=O)[N@+]2(C(=O)O)CC(O)(c3ccccc3OC)CC2C)C(F)(F)F)cc1. The third-order valence-corrected chi connectivity index (χ3v) is 7.75. The van der Waals surface area contributed by atoms with E-state index in [1.807, 2.05) is 0 Å². The summed E-state index contributed by atoms with van der Waals surface area (Å²) in [7, 11) is 2.86. The molecule has 2 aromatic rings. The highest BCUT2D eigenvalue weighted by molar-refractivity contribution is 7.98. The van der Waals surface area contributed by atoms with Crippen LogP contribution < -0.4 is 9.47 Å². The summed E-state index contributed by atoms with van der Waals surface area (Å²) in [6, 6.07) is 12.0. The number of likely N-dealkylation sites (tertiary alicyclic amines) is 1. The van der Waals surface area contributed by atoms with Gasteiger partial charge in [0.1, 0.15) is 29.7 Å². The number of para-hydroxylation sites is 1. The first kappa shape index (κ1) is 27.8. The molecule has 196 valence electrons. The average molecular weight is 529 g/mol. The smallest absolute Gasteiger partial charge is 0.497 e. The molecule has 7 nitrogen and oxygen atoms in total. The zero-order valence-electron chi connectivity index (χ0n) is 20.1. The standard InChI is InChI=1S/C25H28F3NO6S/c1-16-12-24(33,19-6-4-5-7-21(19)35-3)15-29(16,23(31)32)22(30)20(25(26,27)28)14-36-13-17-8-10-18(34-2)11-9-17/h4-11,16,20,33H,12-15H2,1-3H3/p+1/t16?,20?,24?,29-/m0/s1. The zero-order chi connectivity index (χ0) is 26.7. The molecule has 0 radical (unpaired) electrons. The van der Waals surface area contributed by atoms with E-state index in [2.05, 4.69) is 0 Å². The lowest BCUT2D eigenvalue weighted by molar-refractivity contribution is -0.798. The Morgan fingerprint density at radius 3 is 2.33 bits per heavy atom. The molecule has 1 aliphatic heterocycles. The number of imide groups is 1. The first-order valence-corrected chi connectivity index (χ1v) is 12.3. The van der Waals surface area contributed by atoms with Crippen LogP contribution in [0.5, 0.6) is 11.5 Å². The van der Waals surface area contributed by atoms with E-state index in [0.717, 1.165) is 17.3 Å². The van der Waals surface area contributed by atoms with Gasteiger partial charge in [0.2, 0.25) is 0 Å².